The summed E-state index contributed by atoms with van der Waals surface area (Å²) < 4.78 is 78.1. The van der Waals surface area contributed by atoms with Gasteiger partial charge in [0.25, 0.3) is 0 Å². The molecule has 0 amide bonds. The molecule has 0 saturated carbocycles. The third-order valence-electron chi connectivity index (χ3n) is 3.73. The summed E-state index contributed by atoms with van der Waals surface area (Å²) in [5, 5.41) is 7.48. The minimum absolute atomic E-state index is 0.0943. The highest BCUT2D eigenvalue weighted by Gasteiger charge is 2.33. The minimum Gasteiger partial charge on any atom is -0.424 e. The normalized spacial score (nSPS) is 19.0. The van der Waals surface area contributed by atoms with Crippen molar-refractivity contribution in [3.05, 3.63) is 46.4 Å². The van der Waals surface area contributed by atoms with Crippen LogP contribution in [0.1, 0.15) is 23.4 Å². The number of aryl methyl sites for hydroxylation is 1. The lowest BCUT2D eigenvalue weighted by molar-refractivity contribution is -0.0236. The van der Waals surface area contributed by atoms with E-state index in [2.05, 4.69) is 10.2 Å². The van der Waals surface area contributed by atoms with Gasteiger partial charge in [0.15, 0.2) is 23.3 Å². The van der Waals surface area contributed by atoms with Crippen LogP contribution in [0.4, 0.5) is 22.0 Å². The molecule has 1 unspecified atom stereocenters. The maximum atomic E-state index is 13.9. The van der Waals surface area contributed by atoms with Gasteiger partial charge in [-0.3, -0.25) is 4.90 Å². The molecule has 3 rings (SSSR count). The van der Waals surface area contributed by atoms with Crippen LogP contribution in [-0.4, -0.2) is 34.9 Å². The summed E-state index contributed by atoms with van der Waals surface area (Å²) in [6.07, 6.45) is 0. The second-order valence-corrected chi connectivity index (χ2v) is 5.27. The summed E-state index contributed by atoms with van der Waals surface area (Å²) in [4.78, 5) is 1.47. The average Bonchev–Trinajstić information content (AvgIpc) is 3.02. The van der Waals surface area contributed by atoms with Gasteiger partial charge in [0.2, 0.25) is 17.6 Å². The van der Waals surface area contributed by atoms with E-state index in [1.165, 1.54) is 4.90 Å². The fraction of sp³-hybridized carbons (Fsp3) is 0.429. The number of ether oxygens (including phenoxy) is 1. The molecule has 1 atom stereocenters. The van der Waals surface area contributed by atoms with Gasteiger partial charge in [0, 0.05) is 25.6 Å². The summed E-state index contributed by atoms with van der Waals surface area (Å²) in [5.74, 6) is -9.39. The number of hydrogen-bond donors (Lipinski definition) is 0. The molecule has 2 heterocycles. The molecule has 0 aliphatic carbocycles. The van der Waals surface area contributed by atoms with Gasteiger partial charge in [-0.15, -0.1) is 10.2 Å². The number of benzene rings is 1. The van der Waals surface area contributed by atoms with E-state index >= 15 is 0 Å². The smallest absolute Gasteiger partial charge is 0.235 e. The molecule has 5 nitrogen and oxygen atoms in total. The molecule has 0 N–H and O–H groups in total. The van der Waals surface area contributed by atoms with Crippen molar-refractivity contribution in [2.24, 2.45) is 0 Å². The Balaban J connectivity index is 1.94. The quantitative estimate of drug-likeness (QED) is 0.484. The Morgan fingerprint density at radius 2 is 1.62 bits per heavy atom. The molecule has 0 radical (unpaired) electrons. The van der Waals surface area contributed by atoms with Crippen LogP contribution in [0.15, 0.2) is 4.42 Å². The Morgan fingerprint density at radius 3 is 2.21 bits per heavy atom. The Labute approximate surface area is 133 Å². The van der Waals surface area contributed by atoms with Gasteiger partial charge >= 0.3 is 0 Å². The molecule has 1 aromatic heterocycles. The third kappa shape index (κ3) is 2.86. The fourth-order valence-corrected chi connectivity index (χ4v) is 2.49. The van der Waals surface area contributed by atoms with Crippen molar-refractivity contribution in [2.75, 3.05) is 19.8 Å². The van der Waals surface area contributed by atoms with Crippen molar-refractivity contribution in [3.63, 3.8) is 0 Å². The number of hydrogen-bond acceptors (Lipinski definition) is 5. The van der Waals surface area contributed by atoms with Crippen molar-refractivity contribution in [1.82, 2.24) is 15.1 Å². The monoisotopic (exact) mass is 349 g/mol. The van der Waals surface area contributed by atoms with Crippen LogP contribution in [0.2, 0.25) is 0 Å². The second-order valence-electron chi connectivity index (χ2n) is 5.27. The van der Waals surface area contributed by atoms with Gasteiger partial charge in [-0.05, 0) is 0 Å². The highest BCUT2D eigenvalue weighted by atomic mass is 19.2. The van der Waals surface area contributed by atoms with Crippen molar-refractivity contribution in [3.8, 4) is 0 Å². The maximum absolute atomic E-state index is 13.9. The van der Waals surface area contributed by atoms with Gasteiger partial charge in [0.1, 0.15) is 6.04 Å². The highest BCUT2D eigenvalue weighted by Crippen LogP contribution is 2.29. The van der Waals surface area contributed by atoms with E-state index in [0.717, 1.165) is 0 Å². The van der Waals surface area contributed by atoms with E-state index in [4.69, 9.17) is 9.15 Å². The van der Waals surface area contributed by atoms with Crippen molar-refractivity contribution >= 4 is 0 Å². The lowest BCUT2D eigenvalue weighted by Gasteiger charge is -2.33. The fourth-order valence-electron chi connectivity index (χ4n) is 2.49. The van der Waals surface area contributed by atoms with E-state index in [9.17, 15) is 22.0 Å². The summed E-state index contributed by atoms with van der Waals surface area (Å²) in [7, 11) is 0. The molecule has 1 aliphatic heterocycles. The van der Waals surface area contributed by atoms with Gasteiger partial charge in [0.05, 0.1) is 13.2 Å². The Hall–Kier alpha value is -2.07. The van der Waals surface area contributed by atoms with E-state index in [1.807, 2.05) is 0 Å². The average molecular weight is 349 g/mol. The highest BCUT2D eigenvalue weighted by molar-refractivity contribution is 5.24. The zero-order valence-corrected chi connectivity index (χ0v) is 12.5. The topological polar surface area (TPSA) is 51.4 Å². The minimum atomic E-state index is -2.18. The summed E-state index contributed by atoms with van der Waals surface area (Å²) in [5.41, 5.74) is -0.908. The predicted molar refractivity (Wildman–Crippen MR) is 69.2 cm³/mol. The van der Waals surface area contributed by atoms with Crippen molar-refractivity contribution < 1.29 is 31.1 Å². The van der Waals surface area contributed by atoms with E-state index in [1.54, 1.807) is 6.92 Å². The third-order valence-corrected chi connectivity index (χ3v) is 3.73. The number of nitrogens with zero attached hydrogens (tertiary/aromatic N) is 3. The van der Waals surface area contributed by atoms with E-state index in [-0.39, 0.29) is 31.5 Å². The first kappa shape index (κ1) is 16.8. The lowest BCUT2D eigenvalue weighted by Crippen LogP contribution is -2.39. The molecule has 1 aromatic carbocycles. The Kier molecular flexibility index (Phi) is 4.50. The second kappa shape index (κ2) is 6.44. The summed E-state index contributed by atoms with van der Waals surface area (Å²) in [6.45, 7) is 1.58. The maximum Gasteiger partial charge on any atom is 0.235 e. The van der Waals surface area contributed by atoms with E-state index in [0.29, 0.717) is 0 Å². The molecule has 24 heavy (non-hydrogen) atoms. The van der Waals surface area contributed by atoms with Gasteiger partial charge < -0.3 is 9.15 Å². The molecule has 1 fully saturated rings. The van der Waals surface area contributed by atoms with Crippen LogP contribution >= 0.6 is 0 Å². The molecule has 10 heteroatoms. The molecule has 2 aromatic rings. The number of morpholine rings is 1. The molecule has 1 aliphatic rings. The predicted octanol–water partition coefficient (Wildman–Crippen LogP) is 2.65. The van der Waals surface area contributed by atoms with Crippen LogP contribution in [0.5, 0.6) is 0 Å². The molecular weight excluding hydrogens is 337 g/mol. The largest absolute Gasteiger partial charge is 0.424 e. The first-order chi connectivity index (χ1) is 11.4. The number of halogens is 5. The molecule has 1 saturated heterocycles. The first-order valence-corrected chi connectivity index (χ1v) is 7.02. The SMILES string of the molecule is Cc1nnc(C2COCCN2Cc2c(F)c(F)c(F)c(F)c2F)o1. The number of aromatic nitrogens is 2. The zero-order chi connectivity index (χ0) is 17.4. The van der Waals surface area contributed by atoms with Crippen molar-refractivity contribution in [2.45, 2.75) is 19.5 Å². The first-order valence-electron chi connectivity index (χ1n) is 7.02. The molecular formula is C14H12F5N3O2. The zero-order valence-electron chi connectivity index (χ0n) is 12.5. The number of rotatable bonds is 3. The standard InChI is InChI=1S/C14H12F5N3O2/c1-6-20-21-14(24-6)8-5-23-3-2-22(8)4-7-9(15)11(17)13(19)12(18)10(7)16/h8H,2-5H2,1H3. The molecule has 0 bridgehead atoms. The van der Waals surface area contributed by atoms with Crippen LogP contribution in [0, 0.1) is 36.0 Å². The Bertz CT molecular complexity index is 738. The van der Waals surface area contributed by atoms with Gasteiger partial charge in [-0.25, -0.2) is 22.0 Å². The van der Waals surface area contributed by atoms with E-state index < -0.39 is 47.2 Å². The summed E-state index contributed by atoms with van der Waals surface area (Å²) >= 11 is 0. The van der Waals surface area contributed by atoms with Crippen molar-refractivity contribution in [1.29, 1.82) is 0 Å². The summed E-state index contributed by atoms with van der Waals surface area (Å²) in [6, 6.07) is -0.644. The molecule has 0 spiro atoms. The van der Waals surface area contributed by atoms with Gasteiger partial charge in [-0.2, -0.15) is 0 Å². The molecule has 130 valence electrons. The van der Waals surface area contributed by atoms with Crippen LogP contribution in [0.25, 0.3) is 0 Å². The van der Waals surface area contributed by atoms with Crippen LogP contribution in [0.3, 0.4) is 0 Å². The van der Waals surface area contributed by atoms with Crippen LogP contribution in [-0.2, 0) is 11.3 Å². The van der Waals surface area contributed by atoms with Gasteiger partial charge in [-0.1, -0.05) is 0 Å². The lowest BCUT2D eigenvalue weighted by atomic mass is 10.1. The Morgan fingerprint density at radius 1 is 1.00 bits per heavy atom. The van der Waals surface area contributed by atoms with Crippen LogP contribution < -0.4 is 0 Å².